The van der Waals surface area contributed by atoms with Crippen LogP contribution in [0.25, 0.3) is 0 Å². The van der Waals surface area contributed by atoms with Gasteiger partial charge in [0, 0.05) is 0 Å². The number of carbonyl (C=O) groups excluding carboxylic acids is 3. The number of carbonyl (C=O) groups is 4. The fourth-order valence-electron chi connectivity index (χ4n) is 2.67. The number of carboxylic acid groups (broad SMARTS) is 1. The van der Waals surface area contributed by atoms with Crippen LogP contribution >= 0.6 is 0 Å². The van der Waals surface area contributed by atoms with Crippen molar-refractivity contribution in [3.63, 3.8) is 0 Å². The molecule has 0 aliphatic rings. The van der Waals surface area contributed by atoms with E-state index in [0.29, 0.717) is 12.8 Å². The van der Waals surface area contributed by atoms with Crippen LogP contribution in [0.4, 0.5) is 0 Å². The van der Waals surface area contributed by atoms with Crippen molar-refractivity contribution in [2.45, 2.75) is 72.5 Å². The lowest BCUT2D eigenvalue weighted by Gasteiger charge is -2.28. The molecule has 0 bridgehead atoms. The van der Waals surface area contributed by atoms with Gasteiger partial charge in [0.1, 0.15) is 18.1 Å². The predicted octanol–water partition coefficient (Wildman–Crippen LogP) is 0.232. The molecule has 0 saturated carbocycles. The molecule has 162 valence electrons. The summed E-state index contributed by atoms with van der Waals surface area (Å²) in [5.41, 5.74) is 5.31. The number of aliphatic carboxylic acids is 1. The SMILES string of the molecule is CCC(C)C(NC(=O)C(NC(=O)C(CC(C)C)NC(=O)CN)C(C)C)C(=O)O. The minimum atomic E-state index is -1.12. The van der Waals surface area contributed by atoms with Gasteiger partial charge in [0.2, 0.25) is 17.7 Å². The summed E-state index contributed by atoms with van der Waals surface area (Å²) in [6, 6.07) is -2.79. The van der Waals surface area contributed by atoms with E-state index in [1.54, 1.807) is 20.8 Å². The second-order valence-electron chi connectivity index (χ2n) is 7.89. The second-order valence-corrected chi connectivity index (χ2v) is 7.89. The largest absolute Gasteiger partial charge is 0.480 e. The molecular weight excluding hydrogens is 364 g/mol. The lowest BCUT2D eigenvalue weighted by atomic mass is 9.96. The van der Waals surface area contributed by atoms with Gasteiger partial charge in [-0.3, -0.25) is 14.4 Å². The van der Waals surface area contributed by atoms with Crippen LogP contribution in [0, 0.1) is 17.8 Å². The van der Waals surface area contributed by atoms with Gasteiger partial charge in [-0.2, -0.15) is 0 Å². The molecule has 9 heteroatoms. The lowest BCUT2D eigenvalue weighted by molar-refractivity contribution is -0.144. The van der Waals surface area contributed by atoms with Crippen molar-refractivity contribution in [2.75, 3.05) is 6.54 Å². The first-order valence-electron chi connectivity index (χ1n) is 9.77. The molecule has 0 rings (SSSR count). The van der Waals surface area contributed by atoms with E-state index in [2.05, 4.69) is 16.0 Å². The number of hydrogen-bond donors (Lipinski definition) is 5. The van der Waals surface area contributed by atoms with Crippen LogP contribution in [0.5, 0.6) is 0 Å². The van der Waals surface area contributed by atoms with Crippen molar-refractivity contribution in [2.24, 2.45) is 23.5 Å². The van der Waals surface area contributed by atoms with Crippen LogP contribution < -0.4 is 21.7 Å². The highest BCUT2D eigenvalue weighted by molar-refractivity contribution is 5.93. The van der Waals surface area contributed by atoms with Gasteiger partial charge in [-0.1, -0.05) is 48.0 Å². The molecule has 28 heavy (non-hydrogen) atoms. The highest BCUT2D eigenvalue weighted by Gasteiger charge is 2.32. The molecule has 0 aliphatic carbocycles. The molecule has 0 radical (unpaired) electrons. The molecule has 9 nitrogen and oxygen atoms in total. The summed E-state index contributed by atoms with van der Waals surface area (Å²) in [7, 11) is 0. The fourth-order valence-corrected chi connectivity index (χ4v) is 2.67. The summed E-state index contributed by atoms with van der Waals surface area (Å²) in [4.78, 5) is 48.5. The van der Waals surface area contributed by atoms with Gasteiger partial charge < -0.3 is 26.8 Å². The van der Waals surface area contributed by atoms with Crippen molar-refractivity contribution >= 4 is 23.7 Å². The van der Waals surface area contributed by atoms with E-state index >= 15 is 0 Å². The first-order valence-corrected chi connectivity index (χ1v) is 9.77. The predicted molar refractivity (Wildman–Crippen MR) is 106 cm³/mol. The second kappa shape index (κ2) is 12.3. The molecule has 0 aliphatic heterocycles. The van der Waals surface area contributed by atoms with E-state index in [4.69, 9.17) is 5.73 Å². The van der Waals surface area contributed by atoms with Gasteiger partial charge in [0.05, 0.1) is 6.54 Å². The maximum absolute atomic E-state index is 12.7. The summed E-state index contributed by atoms with van der Waals surface area (Å²) in [5, 5.41) is 17.1. The standard InChI is InChI=1S/C19H36N4O5/c1-7-12(6)16(19(27)28)23-18(26)15(11(4)5)22-17(25)13(8-10(2)3)21-14(24)9-20/h10-13,15-16H,7-9,20H2,1-6H3,(H,21,24)(H,22,25)(H,23,26)(H,27,28). The van der Waals surface area contributed by atoms with Crippen molar-refractivity contribution in [3.8, 4) is 0 Å². The first kappa shape index (κ1) is 25.8. The Kier molecular flexibility index (Phi) is 11.4. The number of carboxylic acids is 1. The Morgan fingerprint density at radius 3 is 1.82 bits per heavy atom. The number of amides is 3. The molecular formula is C19H36N4O5. The number of hydrogen-bond acceptors (Lipinski definition) is 5. The first-order chi connectivity index (χ1) is 12.9. The van der Waals surface area contributed by atoms with Crippen LogP contribution in [0.15, 0.2) is 0 Å². The minimum Gasteiger partial charge on any atom is -0.480 e. The number of nitrogens with one attached hydrogen (secondary N) is 3. The van der Waals surface area contributed by atoms with Gasteiger partial charge in [-0.05, 0) is 24.2 Å². The topological polar surface area (TPSA) is 151 Å². The third kappa shape index (κ3) is 8.69. The molecule has 0 aromatic carbocycles. The Hall–Kier alpha value is -2.16. The van der Waals surface area contributed by atoms with Crippen LogP contribution in [-0.4, -0.2) is 53.5 Å². The Labute approximate surface area is 167 Å². The zero-order chi connectivity index (χ0) is 22.0. The minimum absolute atomic E-state index is 0.127. The molecule has 0 saturated heterocycles. The fraction of sp³-hybridized carbons (Fsp3) is 0.789. The average molecular weight is 401 g/mol. The number of rotatable bonds is 12. The van der Waals surface area contributed by atoms with E-state index in [0.717, 1.165) is 0 Å². The zero-order valence-electron chi connectivity index (χ0n) is 17.7. The molecule has 4 unspecified atom stereocenters. The van der Waals surface area contributed by atoms with E-state index in [-0.39, 0.29) is 24.3 Å². The maximum Gasteiger partial charge on any atom is 0.326 e. The summed E-state index contributed by atoms with van der Waals surface area (Å²) < 4.78 is 0. The van der Waals surface area contributed by atoms with Crippen molar-refractivity contribution < 1.29 is 24.3 Å². The van der Waals surface area contributed by atoms with Gasteiger partial charge in [0.15, 0.2) is 0 Å². The zero-order valence-corrected chi connectivity index (χ0v) is 17.7. The van der Waals surface area contributed by atoms with E-state index < -0.39 is 41.8 Å². The Morgan fingerprint density at radius 2 is 1.43 bits per heavy atom. The Bertz CT molecular complexity index is 550. The third-order valence-corrected chi connectivity index (χ3v) is 4.57. The highest BCUT2D eigenvalue weighted by atomic mass is 16.4. The van der Waals surface area contributed by atoms with Gasteiger partial charge >= 0.3 is 5.97 Å². The summed E-state index contributed by atoms with van der Waals surface area (Å²) in [6.07, 6.45) is 0.964. The summed E-state index contributed by atoms with van der Waals surface area (Å²) in [5.74, 6) is -3.06. The van der Waals surface area contributed by atoms with Crippen molar-refractivity contribution in [3.05, 3.63) is 0 Å². The van der Waals surface area contributed by atoms with Crippen LogP contribution in [0.1, 0.15) is 54.4 Å². The normalized spacial score (nSPS) is 15.5. The smallest absolute Gasteiger partial charge is 0.326 e. The molecule has 0 spiro atoms. The van der Waals surface area contributed by atoms with E-state index in [1.165, 1.54) is 0 Å². The lowest BCUT2D eigenvalue weighted by Crippen LogP contribution is -2.58. The van der Waals surface area contributed by atoms with Crippen LogP contribution in [0.3, 0.4) is 0 Å². The number of nitrogens with two attached hydrogens (primary N) is 1. The molecule has 3 amide bonds. The van der Waals surface area contributed by atoms with Crippen molar-refractivity contribution in [1.82, 2.24) is 16.0 Å². The molecule has 4 atom stereocenters. The average Bonchev–Trinajstić information content (AvgIpc) is 2.61. The molecule has 6 N–H and O–H groups in total. The summed E-state index contributed by atoms with van der Waals surface area (Å²) >= 11 is 0. The van der Waals surface area contributed by atoms with Gasteiger partial charge in [0.25, 0.3) is 0 Å². The monoisotopic (exact) mass is 400 g/mol. The summed E-state index contributed by atoms with van der Waals surface area (Å²) in [6.45, 7) is 10.6. The Balaban J connectivity index is 5.33. The van der Waals surface area contributed by atoms with Crippen molar-refractivity contribution in [1.29, 1.82) is 0 Å². The molecule has 0 fully saturated rings. The Morgan fingerprint density at radius 1 is 0.893 bits per heavy atom. The third-order valence-electron chi connectivity index (χ3n) is 4.57. The molecule has 0 aromatic heterocycles. The molecule has 0 aromatic rings. The van der Waals surface area contributed by atoms with Gasteiger partial charge in [-0.15, -0.1) is 0 Å². The van der Waals surface area contributed by atoms with Gasteiger partial charge in [-0.25, -0.2) is 4.79 Å². The highest BCUT2D eigenvalue weighted by Crippen LogP contribution is 2.11. The quantitative estimate of drug-likeness (QED) is 0.316. The van der Waals surface area contributed by atoms with Crippen LogP contribution in [0.2, 0.25) is 0 Å². The van der Waals surface area contributed by atoms with E-state index in [1.807, 2.05) is 20.8 Å². The maximum atomic E-state index is 12.7. The molecule has 0 heterocycles. The van der Waals surface area contributed by atoms with E-state index in [9.17, 15) is 24.3 Å². The van der Waals surface area contributed by atoms with Crippen LogP contribution in [-0.2, 0) is 19.2 Å².